The number of benzene rings is 1. The van der Waals surface area contributed by atoms with E-state index in [4.69, 9.17) is 9.47 Å². The van der Waals surface area contributed by atoms with E-state index in [1.807, 2.05) is 30.6 Å². The molecular weight excluding hydrogens is 368 g/mol. The van der Waals surface area contributed by atoms with Gasteiger partial charge in [-0.3, -0.25) is 4.90 Å². The molecule has 7 heteroatoms. The molecule has 1 aromatic carbocycles. The molecule has 0 bridgehead atoms. The Hall–Kier alpha value is -2.09. The Kier molecular flexibility index (Phi) is 9.44. The van der Waals surface area contributed by atoms with Crippen LogP contribution in [0.25, 0.3) is 0 Å². The number of methoxy groups -OCH3 is 1. The molecule has 0 saturated heterocycles. The van der Waals surface area contributed by atoms with E-state index in [2.05, 4.69) is 47.2 Å². The van der Waals surface area contributed by atoms with E-state index in [0.717, 1.165) is 44.1 Å². The first-order valence-electron chi connectivity index (χ1n) is 10.4. The first-order chi connectivity index (χ1) is 14.0. The van der Waals surface area contributed by atoms with Crippen molar-refractivity contribution < 1.29 is 14.6 Å². The van der Waals surface area contributed by atoms with E-state index in [0.29, 0.717) is 18.0 Å². The topological polar surface area (TPSA) is 63.0 Å². The van der Waals surface area contributed by atoms with Crippen LogP contribution in [-0.2, 0) is 19.6 Å². The van der Waals surface area contributed by atoms with Gasteiger partial charge in [-0.1, -0.05) is 19.9 Å². The standard InChI is InChI=1S/C22H36N4O3/c1-6-25(7-2)15-19(27)17-29-21-13-18(9-10-20(21)28-5)14-24(4)16-22-23-11-12-26(22)8-3/h9-13,19,27H,6-8,14-17H2,1-5H3. The summed E-state index contributed by atoms with van der Waals surface area (Å²) in [6.45, 7) is 11.4. The average molecular weight is 405 g/mol. The summed E-state index contributed by atoms with van der Waals surface area (Å²) in [5, 5.41) is 10.3. The van der Waals surface area contributed by atoms with Gasteiger partial charge in [-0.2, -0.15) is 0 Å². The van der Waals surface area contributed by atoms with Crippen LogP contribution in [0.4, 0.5) is 0 Å². The fraction of sp³-hybridized carbons (Fsp3) is 0.591. The first kappa shape index (κ1) is 23.2. The van der Waals surface area contributed by atoms with Crippen molar-refractivity contribution in [2.45, 2.75) is 46.5 Å². The Bertz CT molecular complexity index is 731. The van der Waals surface area contributed by atoms with Gasteiger partial charge in [0.25, 0.3) is 0 Å². The Morgan fingerprint density at radius 3 is 2.55 bits per heavy atom. The number of aryl methyl sites for hydroxylation is 1. The zero-order valence-corrected chi connectivity index (χ0v) is 18.5. The monoisotopic (exact) mass is 404 g/mol. The van der Waals surface area contributed by atoms with E-state index < -0.39 is 6.10 Å². The maximum atomic E-state index is 10.3. The number of aliphatic hydroxyl groups excluding tert-OH is 1. The number of ether oxygens (including phenoxy) is 2. The molecule has 7 nitrogen and oxygen atoms in total. The van der Waals surface area contributed by atoms with Crippen LogP contribution in [0.5, 0.6) is 11.5 Å². The van der Waals surface area contributed by atoms with E-state index >= 15 is 0 Å². The van der Waals surface area contributed by atoms with Crippen LogP contribution in [0.1, 0.15) is 32.2 Å². The van der Waals surface area contributed by atoms with Crippen molar-refractivity contribution in [3.63, 3.8) is 0 Å². The summed E-state index contributed by atoms with van der Waals surface area (Å²) in [5.74, 6) is 2.39. The minimum absolute atomic E-state index is 0.236. The number of aliphatic hydroxyl groups is 1. The fourth-order valence-corrected chi connectivity index (χ4v) is 3.34. The van der Waals surface area contributed by atoms with Crippen LogP contribution in [0.3, 0.4) is 0 Å². The third-order valence-corrected chi connectivity index (χ3v) is 5.03. The van der Waals surface area contributed by atoms with Crippen molar-refractivity contribution in [2.24, 2.45) is 0 Å². The van der Waals surface area contributed by atoms with Crippen LogP contribution in [-0.4, -0.2) is 71.0 Å². The Morgan fingerprint density at radius 2 is 1.90 bits per heavy atom. The van der Waals surface area contributed by atoms with Crippen molar-refractivity contribution in [1.29, 1.82) is 0 Å². The van der Waals surface area contributed by atoms with Gasteiger partial charge in [-0.15, -0.1) is 0 Å². The van der Waals surface area contributed by atoms with Gasteiger partial charge in [0.1, 0.15) is 18.5 Å². The van der Waals surface area contributed by atoms with Crippen LogP contribution >= 0.6 is 0 Å². The van der Waals surface area contributed by atoms with E-state index in [1.165, 1.54) is 0 Å². The highest BCUT2D eigenvalue weighted by atomic mass is 16.5. The summed E-state index contributed by atoms with van der Waals surface area (Å²) in [6, 6.07) is 5.95. The minimum atomic E-state index is -0.543. The second-order valence-electron chi connectivity index (χ2n) is 7.24. The lowest BCUT2D eigenvalue weighted by atomic mass is 10.2. The highest BCUT2D eigenvalue weighted by Crippen LogP contribution is 2.28. The van der Waals surface area contributed by atoms with Gasteiger partial charge in [-0.25, -0.2) is 4.98 Å². The lowest BCUT2D eigenvalue weighted by molar-refractivity contribution is 0.0705. The number of hydrogen-bond acceptors (Lipinski definition) is 6. The number of aromatic nitrogens is 2. The molecule has 1 atom stereocenters. The molecule has 29 heavy (non-hydrogen) atoms. The number of rotatable bonds is 13. The summed E-state index contributed by atoms with van der Waals surface area (Å²) in [5.41, 5.74) is 1.12. The van der Waals surface area contributed by atoms with Crippen molar-refractivity contribution in [1.82, 2.24) is 19.4 Å². The highest BCUT2D eigenvalue weighted by Gasteiger charge is 2.13. The minimum Gasteiger partial charge on any atom is -0.493 e. The molecule has 0 aliphatic heterocycles. The smallest absolute Gasteiger partial charge is 0.161 e. The largest absolute Gasteiger partial charge is 0.493 e. The molecule has 0 spiro atoms. The number of nitrogens with zero attached hydrogens (tertiary/aromatic N) is 4. The molecule has 1 heterocycles. The third kappa shape index (κ3) is 7.03. The molecule has 1 unspecified atom stereocenters. The Labute approximate surface area is 174 Å². The maximum absolute atomic E-state index is 10.3. The van der Waals surface area contributed by atoms with Gasteiger partial charge in [0, 0.05) is 32.0 Å². The summed E-state index contributed by atoms with van der Waals surface area (Å²) in [6.07, 6.45) is 3.31. The third-order valence-electron chi connectivity index (χ3n) is 5.03. The normalized spacial score (nSPS) is 12.6. The molecule has 1 aromatic heterocycles. The average Bonchev–Trinajstić information content (AvgIpc) is 3.17. The molecule has 1 N–H and O–H groups in total. The van der Waals surface area contributed by atoms with Gasteiger partial charge in [0.05, 0.1) is 13.7 Å². The van der Waals surface area contributed by atoms with Crippen molar-refractivity contribution >= 4 is 0 Å². The van der Waals surface area contributed by atoms with Crippen LogP contribution < -0.4 is 9.47 Å². The number of hydrogen-bond donors (Lipinski definition) is 1. The zero-order valence-electron chi connectivity index (χ0n) is 18.5. The predicted molar refractivity (Wildman–Crippen MR) is 115 cm³/mol. The van der Waals surface area contributed by atoms with E-state index in [9.17, 15) is 5.11 Å². The van der Waals surface area contributed by atoms with Gasteiger partial charge in [0.2, 0.25) is 0 Å². The van der Waals surface area contributed by atoms with Crippen molar-refractivity contribution in [3.05, 3.63) is 42.0 Å². The summed E-state index contributed by atoms with van der Waals surface area (Å²) < 4.78 is 13.5. The molecule has 0 fully saturated rings. The number of likely N-dealkylation sites (N-methyl/N-ethyl adjacent to an activating group) is 1. The lowest BCUT2D eigenvalue weighted by Crippen LogP contribution is -2.35. The Morgan fingerprint density at radius 1 is 1.14 bits per heavy atom. The SMILES string of the molecule is CCN(CC)CC(O)COc1cc(CN(C)Cc2nccn2CC)ccc1OC. The number of imidazole rings is 1. The Balaban J connectivity index is 1.98. The van der Waals surface area contributed by atoms with E-state index in [1.54, 1.807) is 7.11 Å². The highest BCUT2D eigenvalue weighted by molar-refractivity contribution is 5.43. The summed E-state index contributed by atoms with van der Waals surface area (Å²) in [4.78, 5) is 8.84. The molecule has 0 aliphatic rings. The van der Waals surface area contributed by atoms with E-state index in [-0.39, 0.29) is 6.61 Å². The van der Waals surface area contributed by atoms with Crippen LogP contribution in [0.2, 0.25) is 0 Å². The first-order valence-corrected chi connectivity index (χ1v) is 10.4. The molecule has 0 aliphatic carbocycles. The maximum Gasteiger partial charge on any atom is 0.161 e. The molecular formula is C22H36N4O3. The van der Waals surface area contributed by atoms with Crippen molar-refractivity contribution in [2.75, 3.05) is 40.4 Å². The second-order valence-corrected chi connectivity index (χ2v) is 7.24. The molecule has 162 valence electrons. The van der Waals surface area contributed by atoms with Crippen LogP contribution in [0.15, 0.2) is 30.6 Å². The quantitative estimate of drug-likeness (QED) is 0.554. The van der Waals surface area contributed by atoms with Crippen molar-refractivity contribution in [3.8, 4) is 11.5 Å². The summed E-state index contributed by atoms with van der Waals surface area (Å²) in [7, 11) is 3.71. The van der Waals surface area contributed by atoms with Gasteiger partial charge >= 0.3 is 0 Å². The second kappa shape index (κ2) is 11.8. The predicted octanol–water partition coefficient (Wildman–Crippen LogP) is 2.63. The fourth-order valence-electron chi connectivity index (χ4n) is 3.34. The molecule has 2 aromatic rings. The van der Waals surface area contributed by atoms with Gasteiger partial charge < -0.3 is 24.0 Å². The lowest BCUT2D eigenvalue weighted by Gasteiger charge is -2.22. The van der Waals surface area contributed by atoms with Crippen LogP contribution in [0, 0.1) is 0 Å². The molecule has 0 radical (unpaired) electrons. The molecule has 0 saturated carbocycles. The molecule has 0 amide bonds. The van der Waals surface area contributed by atoms with Gasteiger partial charge in [-0.05, 0) is 44.8 Å². The molecule has 2 rings (SSSR count). The summed E-state index contributed by atoms with van der Waals surface area (Å²) >= 11 is 0. The zero-order chi connectivity index (χ0) is 21.2. The van der Waals surface area contributed by atoms with Gasteiger partial charge in [0.15, 0.2) is 11.5 Å².